The maximum absolute atomic E-state index is 5.17. The zero-order valence-electron chi connectivity index (χ0n) is 17.1. The van der Waals surface area contributed by atoms with Crippen LogP contribution in [0.1, 0.15) is 0 Å². The Morgan fingerprint density at radius 1 is 0.656 bits per heavy atom. The van der Waals surface area contributed by atoms with Gasteiger partial charge in [0.05, 0.1) is 27.9 Å². The zero-order chi connectivity index (χ0) is 21.1. The van der Waals surface area contributed by atoms with Gasteiger partial charge >= 0.3 is 0 Å². The number of hydrogen-bond donors (Lipinski definition) is 0. The lowest BCUT2D eigenvalue weighted by Crippen LogP contribution is -1.98. The minimum Gasteiger partial charge on any atom is -0.307 e. The highest BCUT2D eigenvalue weighted by atomic mass is 32.1. The summed E-state index contributed by atoms with van der Waals surface area (Å²) in [4.78, 5) is 10.9. The molecule has 4 heterocycles. The lowest BCUT2D eigenvalue weighted by Gasteiger charge is -2.13. The number of benzene rings is 3. The van der Waals surface area contributed by atoms with E-state index >= 15 is 0 Å². The Morgan fingerprint density at radius 2 is 1.44 bits per heavy atom. The second-order valence-electron chi connectivity index (χ2n) is 7.89. The molecule has 0 radical (unpaired) electrons. The van der Waals surface area contributed by atoms with Gasteiger partial charge in [-0.2, -0.15) is 0 Å². The predicted octanol–water partition coefficient (Wildman–Crippen LogP) is 7.61. The Labute approximate surface area is 188 Å². The van der Waals surface area contributed by atoms with Gasteiger partial charge < -0.3 is 4.57 Å². The summed E-state index contributed by atoms with van der Waals surface area (Å²) < 4.78 is 3.61. The Morgan fingerprint density at radius 3 is 2.34 bits per heavy atom. The number of pyridine rings is 2. The maximum Gasteiger partial charge on any atom is 0.125 e. The predicted molar refractivity (Wildman–Crippen MR) is 135 cm³/mol. The first-order valence-corrected chi connectivity index (χ1v) is 11.4. The van der Waals surface area contributed by atoms with Crippen LogP contribution in [-0.2, 0) is 0 Å². The SMILES string of the molecule is c1ccc(-c2ccccc2-n2c3ccccc3c3nc4sc5ccccc5c4cc32)nc1. The number of rotatable bonds is 2. The molecule has 4 heteroatoms. The van der Waals surface area contributed by atoms with Gasteiger partial charge in [0.25, 0.3) is 0 Å². The van der Waals surface area contributed by atoms with Crippen molar-refractivity contribution in [3.05, 3.63) is 103 Å². The third-order valence-corrected chi connectivity index (χ3v) is 7.16. The van der Waals surface area contributed by atoms with E-state index in [2.05, 4.69) is 94.5 Å². The van der Waals surface area contributed by atoms with Crippen molar-refractivity contribution in [2.45, 2.75) is 0 Å². The van der Waals surface area contributed by atoms with Crippen LogP contribution in [0.3, 0.4) is 0 Å². The fourth-order valence-electron chi connectivity index (χ4n) is 4.67. The summed E-state index contributed by atoms with van der Waals surface area (Å²) in [6.45, 7) is 0. The normalized spacial score (nSPS) is 11.8. The van der Waals surface area contributed by atoms with Crippen molar-refractivity contribution in [3.63, 3.8) is 0 Å². The quantitative estimate of drug-likeness (QED) is 0.284. The van der Waals surface area contributed by atoms with Crippen molar-refractivity contribution in [3.8, 4) is 16.9 Å². The molecule has 0 aliphatic heterocycles. The summed E-state index contributed by atoms with van der Waals surface area (Å²) in [5, 5.41) is 3.63. The highest BCUT2D eigenvalue weighted by Gasteiger charge is 2.18. The minimum atomic E-state index is 0.962. The molecule has 7 aromatic rings. The lowest BCUT2D eigenvalue weighted by atomic mass is 10.1. The van der Waals surface area contributed by atoms with Crippen LogP contribution in [0, 0.1) is 0 Å². The van der Waals surface area contributed by atoms with Gasteiger partial charge in [0.1, 0.15) is 4.83 Å². The number of nitrogens with zero attached hydrogens (tertiary/aromatic N) is 3. The molecule has 4 aromatic heterocycles. The van der Waals surface area contributed by atoms with Gasteiger partial charge in [-0.1, -0.05) is 60.7 Å². The largest absolute Gasteiger partial charge is 0.307 e. The first-order valence-electron chi connectivity index (χ1n) is 10.6. The monoisotopic (exact) mass is 427 g/mol. The molecule has 32 heavy (non-hydrogen) atoms. The third kappa shape index (κ3) is 2.47. The Hall–Kier alpha value is -4.02. The summed E-state index contributed by atoms with van der Waals surface area (Å²) in [7, 11) is 0. The molecule has 150 valence electrons. The van der Waals surface area contributed by atoms with Gasteiger partial charge in [-0.3, -0.25) is 4.98 Å². The van der Waals surface area contributed by atoms with Crippen molar-refractivity contribution in [2.75, 3.05) is 0 Å². The van der Waals surface area contributed by atoms with Crippen molar-refractivity contribution >= 4 is 53.6 Å². The number of aromatic nitrogens is 3. The van der Waals surface area contributed by atoms with Crippen molar-refractivity contribution in [1.82, 2.24) is 14.5 Å². The molecule has 0 spiro atoms. The summed E-state index contributed by atoms with van der Waals surface area (Å²) in [5.41, 5.74) is 6.48. The van der Waals surface area contributed by atoms with E-state index in [0.29, 0.717) is 0 Å². The molecule has 0 amide bonds. The molecule has 0 atom stereocenters. The molecule has 3 nitrogen and oxygen atoms in total. The molecular weight excluding hydrogens is 410 g/mol. The molecule has 0 aliphatic carbocycles. The maximum atomic E-state index is 5.17. The minimum absolute atomic E-state index is 0.962. The van der Waals surface area contributed by atoms with Crippen LogP contribution in [0.4, 0.5) is 0 Å². The second kappa shape index (κ2) is 6.74. The van der Waals surface area contributed by atoms with Crippen LogP contribution in [0.15, 0.2) is 103 Å². The van der Waals surface area contributed by atoms with Crippen LogP contribution < -0.4 is 0 Å². The van der Waals surface area contributed by atoms with E-state index in [9.17, 15) is 0 Å². The number of para-hydroxylation sites is 2. The van der Waals surface area contributed by atoms with Gasteiger partial charge in [0, 0.05) is 32.6 Å². The van der Waals surface area contributed by atoms with Crippen molar-refractivity contribution in [2.24, 2.45) is 0 Å². The molecule has 0 fully saturated rings. The summed E-state index contributed by atoms with van der Waals surface area (Å²) >= 11 is 1.76. The standard InChI is InChI=1S/C28H17N3S/c1-4-13-23(19(10-1)22-12-7-8-16-29-22)31-24-14-5-2-11-20(24)27-25(31)17-21-18-9-3-6-15-26(18)32-28(21)30-27/h1-17H. The summed E-state index contributed by atoms with van der Waals surface area (Å²) in [6.07, 6.45) is 1.85. The lowest BCUT2D eigenvalue weighted by molar-refractivity contribution is 1.17. The van der Waals surface area contributed by atoms with E-state index in [0.717, 1.165) is 43.7 Å². The van der Waals surface area contributed by atoms with Gasteiger partial charge in [0.2, 0.25) is 0 Å². The summed E-state index contributed by atoms with van der Waals surface area (Å²) in [5.74, 6) is 0. The van der Waals surface area contributed by atoms with Gasteiger partial charge in [-0.15, -0.1) is 11.3 Å². The zero-order valence-corrected chi connectivity index (χ0v) is 17.9. The topological polar surface area (TPSA) is 30.7 Å². The van der Waals surface area contributed by atoms with Gasteiger partial charge in [0.15, 0.2) is 0 Å². The van der Waals surface area contributed by atoms with E-state index in [1.807, 2.05) is 18.3 Å². The van der Waals surface area contributed by atoms with Gasteiger partial charge in [-0.05, 0) is 36.4 Å². The Balaban J connectivity index is 1.65. The average Bonchev–Trinajstić information content (AvgIpc) is 3.38. The number of hydrogen-bond acceptors (Lipinski definition) is 3. The first-order chi connectivity index (χ1) is 15.9. The van der Waals surface area contributed by atoms with Crippen LogP contribution in [0.2, 0.25) is 0 Å². The van der Waals surface area contributed by atoms with Crippen LogP contribution in [0.25, 0.3) is 59.2 Å². The highest BCUT2D eigenvalue weighted by molar-refractivity contribution is 7.25. The van der Waals surface area contributed by atoms with E-state index in [1.165, 1.54) is 15.5 Å². The molecule has 3 aromatic carbocycles. The molecule has 0 N–H and O–H groups in total. The van der Waals surface area contributed by atoms with Crippen molar-refractivity contribution in [1.29, 1.82) is 0 Å². The van der Waals surface area contributed by atoms with E-state index in [4.69, 9.17) is 4.98 Å². The smallest absolute Gasteiger partial charge is 0.125 e. The molecule has 0 bridgehead atoms. The van der Waals surface area contributed by atoms with E-state index in [1.54, 1.807) is 11.3 Å². The highest BCUT2D eigenvalue weighted by Crippen LogP contribution is 2.39. The van der Waals surface area contributed by atoms with Crippen LogP contribution in [-0.4, -0.2) is 14.5 Å². The Bertz CT molecular complexity index is 1780. The fraction of sp³-hybridized carbons (Fsp3) is 0. The second-order valence-corrected chi connectivity index (χ2v) is 8.92. The molecule has 0 aliphatic rings. The average molecular weight is 428 g/mol. The van der Waals surface area contributed by atoms with Crippen LogP contribution >= 0.6 is 11.3 Å². The molecule has 0 saturated carbocycles. The Kier molecular flexibility index (Phi) is 3.72. The van der Waals surface area contributed by atoms with Crippen molar-refractivity contribution < 1.29 is 0 Å². The fourth-order valence-corrected chi connectivity index (χ4v) is 5.73. The van der Waals surface area contributed by atoms with E-state index in [-0.39, 0.29) is 0 Å². The third-order valence-electron chi connectivity index (χ3n) is 6.08. The molecule has 0 saturated heterocycles. The van der Waals surface area contributed by atoms with E-state index < -0.39 is 0 Å². The number of fused-ring (bicyclic) bond motifs is 6. The first kappa shape index (κ1) is 17.6. The summed E-state index contributed by atoms with van der Waals surface area (Å²) in [6, 6.07) is 33.9. The molecule has 7 rings (SSSR count). The molecular formula is C28H17N3S. The molecule has 0 unspecified atom stereocenters. The number of thiophene rings is 1. The van der Waals surface area contributed by atoms with Gasteiger partial charge in [-0.25, -0.2) is 4.98 Å². The van der Waals surface area contributed by atoms with Crippen LogP contribution in [0.5, 0.6) is 0 Å².